The van der Waals surface area contributed by atoms with Gasteiger partial charge < -0.3 is 15.4 Å². The van der Waals surface area contributed by atoms with E-state index in [2.05, 4.69) is 24.5 Å². The van der Waals surface area contributed by atoms with E-state index in [0.29, 0.717) is 23.8 Å². The van der Waals surface area contributed by atoms with Gasteiger partial charge in [-0.05, 0) is 54.7 Å². The van der Waals surface area contributed by atoms with Crippen LogP contribution in [0.2, 0.25) is 0 Å². The van der Waals surface area contributed by atoms with Crippen molar-refractivity contribution in [2.24, 2.45) is 11.8 Å². The molecular weight excluding hydrogens is 340 g/mol. The van der Waals surface area contributed by atoms with Crippen LogP contribution < -0.4 is 15.4 Å². The first kappa shape index (κ1) is 19.0. The lowest BCUT2D eigenvalue weighted by atomic mass is 10.0. The van der Waals surface area contributed by atoms with E-state index in [1.807, 2.05) is 49.4 Å². The first-order valence-corrected chi connectivity index (χ1v) is 9.25. The molecule has 5 heteroatoms. The molecule has 0 bridgehead atoms. The third kappa shape index (κ3) is 4.48. The van der Waals surface area contributed by atoms with Gasteiger partial charge in [0.15, 0.2) is 0 Å². The molecule has 1 saturated carbocycles. The van der Waals surface area contributed by atoms with Gasteiger partial charge in [-0.15, -0.1) is 0 Å². The summed E-state index contributed by atoms with van der Waals surface area (Å²) in [5.41, 5.74) is 3.65. The Morgan fingerprint density at radius 2 is 1.63 bits per heavy atom. The summed E-state index contributed by atoms with van der Waals surface area (Å²) in [6, 6.07) is 13.5. The fourth-order valence-electron chi connectivity index (χ4n) is 3.11. The van der Waals surface area contributed by atoms with Crippen molar-refractivity contribution in [3.05, 3.63) is 53.6 Å². The van der Waals surface area contributed by atoms with Crippen LogP contribution in [-0.4, -0.2) is 18.9 Å². The number of hydrogen-bond donors (Lipinski definition) is 2. The summed E-state index contributed by atoms with van der Waals surface area (Å²) in [5.74, 6) is 0.222. The molecule has 0 spiro atoms. The van der Waals surface area contributed by atoms with E-state index in [0.717, 1.165) is 11.3 Å². The Balaban J connectivity index is 1.57. The maximum absolute atomic E-state index is 12.5. The van der Waals surface area contributed by atoms with Crippen LogP contribution in [-0.2, 0) is 9.59 Å². The second-order valence-electron chi connectivity index (χ2n) is 7.41. The van der Waals surface area contributed by atoms with E-state index in [4.69, 9.17) is 4.74 Å². The molecule has 2 unspecified atom stereocenters. The largest absolute Gasteiger partial charge is 0.495 e. The number of hydrogen-bond acceptors (Lipinski definition) is 3. The predicted molar refractivity (Wildman–Crippen MR) is 107 cm³/mol. The molecule has 142 valence electrons. The Morgan fingerprint density at radius 3 is 2.22 bits per heavy atom. The van der Waals surface area contributed by atoms with Crippen LogP contribution >= 0.6 is 0 Å². The molecule has 27 heavy (non-hydrogen) atoms. The number of aryl methyl sites for hydroxylation is 1. The first-order valence-electron chi connectivity index (χ1n) is 9.25. The van der Waals surface area contributed by atoms with Gasteiger partial charge in [-0.1, -0.05) is 32.0 Å². The molecule has 2 amide bonds. The lowest BCUT2D eigenvalue weighted by molar-refractivity contribution is -0.122. The number of benzene rings is 2. The highest BCUT2D eigenvalue weighted by Gasteiger charge is 2.48. The summed E-state index contributed by atoms with van der Waals surface area (Å²) in [6.07, 6.45) is 0.565. The summed E-state index contributed by atoms with van der Waals surface area (Å²) in [4.78, 5) is 24.9. The van der Waals surface area contributed by atoms with Gasteiger partial charge in [-0.2, -0.15) is 0 Å². The number of amides is 2. The molecule has 2 N–H and O–H groups in total. The van der Waals surface area contributed by atoms with Crippen molar-refractivity contribution >= 4 is 23.2 Å². The minimum atomic E-state index is -0.301. The summed E-state index contributed by atoms with van der Waals surface area (Å²) >= 11 is 0. The second kappa shape index (κ2) is 7.82. The van der Waals surface area contributed by atoms with E-state index in [9.17, 15) is 9.59 Å². The standard InChI is InChI=1S/C22H26N2O3/c1-13(2)15-6-8-16(9-7-15)23-21(25)17-12-18(17)22(26)24-19-11-14(3)5-10-20(19)27-4/h5-11,13,17-18H,12H2,1-4H3,(H,23,25)(H,24,26). The van der Waals surface area contributed by atoms with E-state index in [1.165, 1.54) is 5.56 Å². The van der Waals surface area contributed by atoms with E-state index >= 15 is 0 Å². The number of anilines is 2. The molecule has 1 aliphatic carbocycles. The van der Waals surface area contributed by atoms with Crippen LogP contribution in [0.4, 0.5) is 11.4 Å². The van der Waals surface area contributed by atoms with Gasteiger partial charge >= 0.3 is 0 Å². The summed E-state index contributed by atoms with van der Waals surface area (Å²) in [5, 5.41) is 5.80. The highest BCUT2D eigenvalue weighted by Crippen LogP contribution is 2.41. The summed E-state index contributed by atoms with van der Waals surface area (Å²) in [6.45, 7) is 6.21. The second-order valence-corrected chi connectivity index (χ2v) is 7.41. The molecule has 2 aromatic rings. The van der Waals surface area contributed by atoms with E-state index in [-0.39, 0.29) is 23.7 Å². The minimum absolute atomic E-state index is 0.108. The molecule has 1 aliphatic rings. The Hall–Kier alpha value is -2.82. The van der Waals surface area contributed by atoms with Gasteiger partial charge in [0.1, 0.15) is 5.75 Å². The third-order valence-electron chi connectivity index (χ3n) is 4.92. The highest BCUT2D eigenvalue weighted by molar-refractivity contribution is 6.03. The quantitative estimate of drug-likeness (QED) is 0.799. The average Bonchev–Trinajstić information content (AvgIpc) is 3.43. The van der Waals surface area contributed by atoms with Crippen LogP contribution in [0.5, 0.6) is 5.75 Å². The van der Waals surface area contributed by atoms with E-state index < -0.39 is 0 Å². The normalized spacial score (nSPS) is 18.1. The van der Waals surface area contributed by atoms with Gasteiger partial charge in [0.05, 0.1) is 24.6 Å². The van der Waals surface area contributed by atoms with Gasteiger partial charge in [-0.3, -0.25) is 9.59 Å². The smallest absolute Gasteiger partial charge is 0.228 e. The number of nitrogens with one attached hydrogen (secondary N) is 2. The zero-order valence-corrected chi connectivity index (χ0v) is 16.2. The Morgan fingerprint density at radius 1 is 1.00 bits per heavy atom. The molecule has 1 fully saturated rings. The van der Waals surface area contributed by atoms with Crippen molar-refractivity contribution in [1.82, 2.24) is 0 Å². The SMILES string of the molecule is COc1ccc(C)cc1NC(=O)C1CC1C(=O)Nc1ccc(C(C)C)cc1. The number of methoxy groups -OCH3 is 1. The summed E-state index contributed by atoms with van der Waals surface area (Å²) < 4.78 is 5.29. The highest BCUT2D eigenvalue weighted by atomic mass is 16.5. The molecular formula is C22H26N2O3. The minimum Gasteiger partial charge on any atom is -0.495 e. The third-order valence-corrected chi connectivity index (χ3v) is 4.92. The summed E-state index contributed by atoms with van der Waals surface area (Å²) in [7, 11) is 1.57. The van der Waals surface area contributed by atoms with Crippen molar-refractivity contribution in [2.75, 3.05) is 17.7 Å². The van der Waals surface area contributed by atoms with Crippen molar-refractivity contribution in [3.8, 4) is 5.75 Å². The number of carbonyl (C=O) groups is 2. The fraction of sp³-hybridized carbons (Fsp3) is 0.364. The molecule has 0 radical (unpaired) electrons. The maximum Gasteiger partial charge on any atom is 0.228 e. The number of rotatable bonds is 6. The maximum atomic E-state index is 12.5. The van der Waals surface area contributed by atoms with Crippen molar-refractivity contribution in [2.45, 2.75) is 33.1 Å². The van der Waals surface area contributed by atoms with Crippen molar-refractivity contribution in [3.63, 3.8) is 0 Å². The van der Waals surface area contributed by atoms with Crippen LogP contribution in [0, 0.1) is 18.8 Å². The van der Waals surface area contributed by atoms with E-state index in [1.54, 1.807) is 7.11 Å². The average molecular weight is 366 g/mol. The van der Waals surface area contributed by atoms with Crippen LogP contribution in [0.1, 0.15) is 37.3 Å². The van der Waals surface area contributed by atoms with Crippen LogP contribution in [0.15, 0.2) is 42.5 Å². The molecule has 2 atom stereocenters. The number of ether oxygens (including phenoxy) is 1. The fourth-order valence-corrected chi connectivity index (χ4v) is 3.11. The lowest BCUT2D eigenvalue weighted by Crippen LogP contribution is -2.20. The van der Waals surface area contributed by atoms with Gasteiger partial charge in [0.2, 0.25) is 11.8 Å². The molecule has 3 rings (SSSR count). The number of carbonyl (C=O) groups excluding carboxylic acids is 2. The molecule has 0 heterocycles. The molecule has 0 aliphatic heterocycles. The Labute approximate surface area is 160 Å². The van der Waals surface area contributed by atoms with Gasteiger partial charge in [0, 0.05) is 5.69 Å². The zero-order valence-electron chi connectivity index (χ0n) is 16.2. The van der Waals surface area contributed by atoms with Crippen LogP contribution in [0.3, 0.4) is 0 Å². The zero-order chi connectivity index (χ0) is 19.6. The molecule has 2 aromatic carbocycles. The topological polar surface area (TPSA) is 67.4 Å². The van der Waals surface area contributed by atoms with Crippen LogP contribution in [0.25, 0.3) is 0 Å². The van der Waals surface area contributed by atoms with Crippen molar-refractivity contribution < 1.29 is 14.3 Å². The van der Waals surface area contributed by atoms with Gasteiger partial charge in [-0.25, -0.2) is 0 Å². The molecule has 0 aromatic heterocycles. The molecule has 0 saturated heterocycles. The monoisotopic (exact) mass is 366 g/mol. The lowest BCUT2D eigenvalue weighted by Gasteiger charge is -2.11. The van der Waals surface area contributed by atoms with Gasteiger partial charge in [0.25, 0.3) is 0 Å². The molecule has 5 nitrogen and oxygen atoms in total. The first-order chi connectivity index (χ1) is 12.9. The Kier molecular flexibility index (Phi) is 5.49. The Bertz CT molecular complexity index is 843. The predicted octanol–water partition coefficient (Wildman–Crippen LogP) is 4.34. The van der Waals surface area contributed by atoms with Crippen molar-refractivity contribution in [1.29, 1.82) is 0 Å².